The monoisotopic (exact) mass is 507 g/mol. The molecule has 5 rings (SSSR count). The van der Waals surface area contributed by atoms with Gasteiger partial charge in [-0.15, -0.1) is 0 Å². The van der Waals surface area contributed by atoms with E-state index in [1.807, 2.05) is 61.2 Å². The Balaban J connectivity index is 1.37. The van der Waals surface area contributed by atoms with Crippen LogP contribution in [0.25, 0.3) is 5.65 Å². The SMILES string of the molecule is Cc1ccc(Cl)cc1N1CCN(C(=O)c2cnn3c(C)c(Cc4ccccc4Cl)c(C)nc23)CC1. The molecule has 1 amide bonds. The Bertz CT molecular complexity index is 1420. The van der Waals surface area contributed by atoms with Gasteiger partial charge in [0.2, 0.25) is 0 Å². The summed E-state index contributed by atoms with van der Waals surface area (Å²) in [5.41, 5.74) is 7.39. The van der Waals surface area contributed by atoms with Crippen LogP contribution in [0.1, 0.15) is 38.4 Å². The van der Waals surface area contributed by atoms with Crippen LogP contribution in [0.3, 0.4) is 0 Å². The molecule has 0 aliphatic carbocycles. The zero-order chi connectivity index (χ0) is 24.7. The summed E-state index contributed by atoms with van der Waals surface area (Å²) in [4.78, 5) is 22.4. The van der Waals surface area contributed by atoms with Gasteiger partial charge in [-0.25, -0.2) is 9.50 Å². The van der Waals surface area contributed by atoms with Crippen molar-refractivity contribution in [3.63, 3.8) is 0 Å². The van der Waals surface area contributed by atoms with E-state index >= 15 is 0 Å². The molecule has 0 bridgehead atoms. The second kappa shape index (κ2) is 9.51. The fourth-order valence-corrected chi connectivity index (χ4v) is 5.16. The maximum Gasteiger partial charge on any atom is 0.259 e. The Labute approximate surface area is 215 Å². The molecule has 0 saturated carbocycles. The minimum Gasteiger partial charge on any atom is -0.368 e. The van der Waals surface area contributed by atoms with E-state index in [4.69, 9.17) is 28.2 Å². The lowest BCUT2D eigenvalue weighted by Gasteiger charge is -2.36. The average Bonchev–Trinajstić information content (AvgIpc) is 3.28. The molecular weight excluding hydrogens is 481 g/mol. The van der Waals surface area contributed by atoms with Gasteiger partial charge in [0.1, 0.15) is 5.56 Å². The topological polar surface area (TPSA) is 53.7 Å². The fraction of sp³-hybridized carbons (Fsp3) is 0.296. The molecule has 1 fully saturated rings. The van der Waals surface area contributed by atoms with Crippen LogP contribution in [-0.4, -0.2) is 51.6 Å². The number of benzene rings is 2. The molecule has 1 aliphatic rings. The van der Waals surface area contributed by atoms with Gasteiger partial charge in [0.25, 0.3) is 5.91 Å². The first-order valence-corrected chi connectivity index (χ1v) is 12.5. The summed E-state index contributed by atoms with van der Waals surface area (Å²) >= 11 is 12.6. The molecule has 1 aliphatic heterocycles. The van der Waals surface area contributed by atoms with Crippen LogP contribution >= 0.6 is 23.2 Å². The third-order valence-electron chi connectivity index (χ3n) is 6.84. The van der Waals surface area contributed by atoms with Gasteiger partial charge in [0.15, 0.2) is 5.65 Å². The predicted octanol–water partition coefficient (Wildman–Crippen LogP) is 5.51. The first-order chi connectivity index (χ1) is 16.8. The molecule has 0 N–H and O–H groups in total. The Morgan fingerprint density at radius 3 is 2.49 bits per heavy atom. The second-order valence-corrected chi connectivity index (χ2v) is 9.88. The summed E-state index contributed by atoms with van der Waals surface area (Å²) in [6.45, 7) is 8.83. The molecule has 6 nitrogen and oxygen atoms in total. The first kappa shape index (κ1) is 23.6. The largest absolute Gasteiger partial charge is 0.368 e. The zero-order valence-electron chi connectivity index (χ0n) is 20.1. The Morgan fingerprint density at radius 2 is 1.74 bits per heavy atom. The van der Waals surface area contributed by atoms with Crippen molar-refractivity contribution in [3.05, 3.63) is 92.3 Å². The van der Waals surface area contributed by atoms with Gasteiger partial charge in [-0.05, 0) is 55.7 Å². The van der Waals surface area contributed by atoms with Crippen molar-refractivity contribution >= 4 is 40.4 Å². The van der Waals surface area contributed by atoms with Crippen LogP contribution in [0.15, 0.2) is 48.7 Å². The van der Waals surface area contributed by atoms with Crippen molar-refractivity contribution in [3.8, 4) is 0 Å². The Hall–Kier alpha value is -3.09. The van der Waals surface area contributed by atoms with E-state index in [1.54, 1.807) is 10.7 Å². The van der Waals surface area contributed by atoms with Crippen LogP contribution < -0.4 is 4.90 Å². The fourth-order valence-electron chi connectivity index (χ4n) is 4.79. The molecule has 0 radical (unpaired) electrons. The number of fused-ring (bicyclic) bond motifs is 1. The number of halogens is 2. The average molecular weight is 508 g/mol. The third-order valence-corrected chi connectivity index (χ3v) is 7.45. The van der Waals surface area contributed by atoms with Crippen molar-refractivity contribution in [1.29, 1.82) is 0 Å². The number of rotatable bonds is 4. The van der Waals surface area contributed by atoms with Gasteiger partial charge < -0.3 is 9.80 Å². The van der Waals surface area contributed by atoms with Crippen LogP contribution in [0.4, 0.5) is 5.69 Å². The molecule has 2 aromatic carbocycles. The quantitative estimate of drug-likeness (QED) is 0.365. The highest BCUT2D eigenvalue weighted by Crippen LogP contribution is 2.27. The number of hydrogen-bond acceptors (Lipinski definition) is 4. The Kier molecular flexibility index (Phi) is 6.43. The van der Waals surface area contributed by atoms with Gasteiger partial charge in [0.05, 0.1) is 6.20 Å². The maximum absolute atomic E-state index is 13.5. The predicted molar refractivity (Wildman–Crippen MR) is 141 cm³/mol. The summed E-state index contributed by atoms with van der Waals surface area (Å²) in [6, 6.07) is 13.8. The molecule has 1 saturated heterocycles. The molecule has 2 aromatic heterocycles. The van der Waals surface area contributed by atoms with Crippen molar-refractivity contribution in [1.82, 2.24) is 19.5 Å². The van der Waals surface area contributed by atoms with E-state index in [9.17, 15) is 4.79 Å². The molecule has 4 aromatic rings. The van der Waals surface area contributed by atoms with Gasteiger partial charge in [-0.3, -0.25) is 4.79 Å². The van der Waals surface area contributed by atoms with Gasteiger partial charge in [0, 0.05) is 59.7 Å². The number of aromatic nitrogens is 3. The van der Waals surface area contributed by atoms with Gasteiger partial charge in [-0.1, -0.05) is 47.5 Å². The molecule has 8 heteroatoms. The van der Waals surface area contributed by atoms with E-state index < -0.39 is 0 Å². The highest BCUT2D eigenvalue weighted by atomic mass is 35.5. The second-order valence-electron chi connectivity index (χ2n) is 9.03. The molecule has 0 unspecified atom stereocenters. The lowest BCUT2D eigenvalue weighted by atomic mass is 10.0. The minimum atomic E-state index is -0.0346. The number of carbonyl (C=O) groups is 1. The van der Waals surface area contributed by atoms with Gasteiger partial charge in [-0.2, -0.15) is 5.10 Å². The normalized spacial score (nSPS) is 14.1. The van der Waals surface area contributed by atoms with E-state index in [0.29, 0.717) is 30.7 Å². The number of carbonyl (C=O) groups excluding carboxylic acids is 1. The summed E-state index contributed by atoms with van der Waals surface area (Å²) < 4.78 is 1.78. The number of hydrogen-bond donors (Lipinski definition) is 0. The van der Waals surface area contributed by atoms with Crippen LogP contribution in [0.2, 0.25) is 10.0 Å². The van der Waals surface area contributed by atoms with Crippen LogP contribution in [0, 0.1) is 20.8 Å². The molecule has 3 heterocycles. The highest BCUT2D eigenvalue weighted by molar-refractivity contribution is 6.31. The number of anilines is 1. The van der Waals surface area contributed by atoms with E-state index in [0.717, 1.165) is 51.3 Å². The highest BCUT2D eigenvalue weighted by Gasteiger charge is 2.27. The minimum absolute atomic E-state index is 0.0346. The zero-order valence-corrected chi connectivity index (χ0v) is 21.6. The lowest BCUT2D eigenvalue weighted by molar-refractivity contribution is 0.0748. The van der Waals surface area contributed by atoms with Crippen molar-refractivity contribution < 1.29 is 4.79 Å². The summed E-state index contributed by atoms with van der Waals surface area (Å²) in [7, 11) is 0. The molecule has 180 valence electrons. The smallest absolute Gasteiger partial charge is 0.259 e. The van der Waals surface area contributed by atoms with Crippen molar-refractivity contribution in [2.75, 3.05) is 31.1 Å². The molecule has 0 atom stereocenters. The van der Waals surface area contributed by atoms with Crippen molar-refractivity contribution in [2.45, 2.75) is 27.2 Å². The van der Waals surface area contributed by atoms with E-state index in [1.165, 1.54) is 5.56 Å². The third kappa shape index (κ3) is 4.48. The summed E-state index contributed by atoms with van der Waals surface area (Å²) in [6.07, 6.45) is 2.30. The van der Waals surface area contributed by atoms with Crippen LogP contribution in [0.5, 0.6) is 0 Å². The maximum atomic E-state index is 13.5. The van der Waals surface area contributed by atoms with E-state index in [2.05, 4.69) is 16.9 Å². The number of aryl methyl sites for hydroxylation is 3. The molecule has 35 heavy (non-hydrogen) atoms. The summed E-state index contributed by atoms with van der Waals surface area (Å²) in [5, 5.41) is 5.99. The molecule has 0 spiro atoms. The first-order valence-electron chi connectivity index (χ1n) is 11.7. The molecular formula is C27H27Cl2N5O. The number of piperazine rings is 1. The van der Waals surface area contributed by atoms with Gasteiger partial charge >= 0.3 is 0 Å². The Morgan fingerprint density at radius 1 is 1.00 bits per heavy atom. The summed E-state index contributed by atoms with van der Waals surface area (Å²) in [5.74, 6) is -0.0346. The van der Waals surface area contributed by atoms with Crippen molar-refractivity contribution in [2.24, 2.45) is 0 Å². The van der Waals surface area contributed by atoms with E-state index in [-0.39, 0.29) is 5.91 Å². The number of amides is 1. The standard InChI is InChI=1S/C27H27Cl2N5O/c1-17-8-9-21(28)15-25(17)32-10-12-33(13-11-32)27(35)23-16-30-34-19(3)22(18(2)31-26(23)34)14-20-6-4-5-7-24(20)29/h4-9,15-16H,10-14H2,1-3H3. The lowest BCUT2D eigenvalue weighted by Crippen LogP contribution is -2.49. The number of nitrogens with zero attached hydrogens (tertiary/aromatic N) is 5. The van der Waals surface area contributed by atoms with Crippen LogP contribution in [-0.2, 0) is 6.42 Å².